The molecule has 0 radical (unpaired) electrons. The Morgan fingerprint density at radius 1 is 0.521 bits per heavy atom. The summed E-state index contributed by atoms with van der Waals surface area (Å²) in [5, 5.41) is 7.26. The molecule has 1 nitrogen and oxygen atoms in total. The molecule has 7 rings (SSSR count). The van der Waals surface area contributed by atoms with Gasteiger partial charge in [-0.05, 0) is 93.0 Å². The fourth-order valence-corrected chi connectivity index (χ4v) is 8.26. The molecular weight excluding hydrogens is 740 g/mol. The van der Waals surface area contributed by atoms with E-state index < -0.39 is 0 Å². The van der Waals surface area contributed by atoms with Gasteiger partial charge in [-0.25, -0.2) is 0 Å². The van der Waals surface area contributed by atoms with Crippen LogP contribution in [0.5, 0.6) is 0 Å². The molecule has 1 aliphatic heterocycles. The quantitative estimate of drug-likeness (QED) is 0.135. The molecule has 0 saturated heterocycles. The minimum Gasteiger partial charge on any atom is -1.00 e. The summed E-state index contributed by atoms with van der Waals surface area (Å²) in [6.45, 7) is 8.69. The SMILES string of the molecule is CCCC[N+]1(CCCC)Cc2c(-c3ccc(Cl)c(Cl)c3)cc3ccccc3c2-c2c(c(-c3ccc(Cl)c(Cl)c3)cc3ccccc23)C1.[Br-]. The highest BCUT2D eigenvalue weighted by molar-refractivity contribution is 6.42. The molecule has 6 heteroatoms. The Hall–Kier alpha value is -2.56. The number of hydrogen-bond acceptors (Lipinski definition) is 0. The minimum absolute atomic E-state index is 0. The number of hydrogen-bond donors (Lipinski definition) is 0. The third-order valence-electron chi connectivity index (χ3n) is 9.98. The van der Waals surface area contributed by atoms with Crippen molar-refractivity contribution in [2.45, 2.75) is 52.6 Å². The van der Waals surface area contributed by atoms with Crippen molar-refractivity contribution < 1.29 is 21.5 Å². The van der Waals surface area contributed by atoms with Crippen molar-refractivity contribution in [3.8, 4) is 33.4 Å². The van der Waals surface area contributed by atoms with Gasteiger partial charge in [0.1, 0.15) is 13.1 Å². The van der Waals surface area contributed by atoms with E-state index in [9.17, 15) is 0 Å². The lowest BCUT2D eigenvalue weighted by Crippen LogP contribution is -3.00. The molecule has 0 unspecified atom stereocenters. The molecule has 0 spiro atoms. The molecule has 0 bridgehead atoms. The van der Waals surface area contributed by atoms with Crippen molar-refractivity contribution >= 4 is 67.9 Å². The summed E-state index contributed by atoms with van der Waals surface area (Å²) in [7, 11) is 0. The number of nitrogens with zero attached hydrogens (tertiary/aromatic N) is 1. The number of rotatable bonds is 8. The van der Waals surface area contributed by atoms with Crippen LogP contribution in [0.25, 0.3) is 54.9 Å². The standard InChI is InChI=1S/C42H38Cl4N.BrH/c1-3-5-19-47(20-6-4-2)25-35-33(29-15-17-37(43)39(45)23-29)21-27-11-7-9-13-31(27)41(35)42-32-14-10-8-12-28(32)22-34(36(42)26-47)30-16-18-38(44)40(46)24-30;/h7-18,21-24H,3-6,19-20,25-26H2,1-2H3;1H/q+1;/p-1. The van der Waals surface area contributed by atoms with Gasteiger partial charge in [0.25, 0.3) is 0 Å². The van der Waals surface area contributed by atoms with Gasteiger partial charge in [0.15, 0.2) is 0 Å². The van der Waals surface area contributed by atoms with Crippen LogP contribution in [0.4, 0.5) is 0 Å². The van der Waals surface area contributed by atoms with Crippen LogP contribution in [-0.4, -0.2) is 17.6 Å². The highest BCUT2D eigenvalue weighted by Gasteiger charge is 2.37. The van der Waals surface area contributed by atoms with E-state index in [1.807, 2.05) is 24.3 Å². The summed E-state index contributed by atoms with van der Waals surface area (Å²) in [4.78, 5) is 0. The summed E-state index contributed by atoms with van der Waals surface area (Å²) in [6.07, 6.45) is 4.64. The highest BCUT2D eigenvalue weighted by Crippen LogP contribution is 2.50. The van der Waals surface area contributed by atoms with E-state index >= 15 is 0 Å². The molecule has 0 N–H and O–H groups in total. The van der Waals surface area contributed by atoms with E-state index in [2.05, 4.69) is 86.6 Å². The Kier molecular flexibility index (Phi) is 10.8. The lowest BCUT2D eigenvalue weighted by Gasteiger charge is -2.39. The maximum absolute atomic E-state index is 6.71. The van der Waals surface area contributed by atoms with Gasteiger partial charge < -0.3 is 21.5 Å². The molecule has 0 amide bonds. The van der Waals surface area contributed by atoms with Gasteiger partial charge in [-0.2, -0.15) is 0 Å². The number of fused-ring (bicyclic) bond motifs is 7. The third kappa shape index (κ3) is 6.53. The number of quaternary nitrogens is 1. The van der Waals surface area contributed by atoms with Gasteiger partial charge in [0.05, 0.1) is 33.2 Å². The monoisotopic (exact) mass is 775 g/mol. The zero-order valence-electron chi connectivity index (χ0n) is 27.2. The van der Waals surface area contributed by atoms with E-state index in [1.54, 1.807) is 0 Å². The summed E-state index contributed by atoms with van der Waals surface area (Å²) < 4.78 is 0.987. The molecule has 6 aromatic rings. The molecule has 1 heterocycles. The van der Waals surface area contributed by atoms with Crippen molar-refractivity contribution in [2.24, 2.45) is 0 Å². The normalized spacial score (nSPS) is 13.5. The van der Waals surface area contributed by atoms with Crippen molar-refractivity contribution in [1.29, 1.82) is 0 Å². The number of halogens is 5. The second-order valence-corrected chi connectivity index (χ2v) is 14.7. The lowest BCUT2D eigenvalue weighted by molar-refractivity contribution is -0.953. The molecule has 0 atom stereocenters. The van der Waals surface area contributed by atoms with Gasteiger partial charge in [0.2, 0.25) is 0 Å². The Balaban J connectivity index is 0.00000401. The first-order chi connectivity index (χ1) is 22.8. The molecule has 0 saturated carbocycles. The highest BCUT2D eigenvalue weighted by atomic mass is 79.9. The predicted molar refractivity (Wildman–Crippen MR) is 205 cm³/mol. The summed E-state index contributed by atoms with van der Waals surface area (Å²) in [6, 6.07) is 34.6. The van der Waals surface area contributed by atoms with Crippen LogP contribution in [0.2, 0.25) is 20.1 Å². The fraction of sp³-hybridized carbons (Fsp3) is 0.238. The first kappa shape index (κ1) is 35.3. The summed E-state index contributed by atoms with van der Waals surface area (Å²) >= 11 is 26.3. The Bertz CT molecular complexity index is 1990. The zero-order valence-corrected chi connectivity index (χ0v) is 31.8. The first-order valence-corrected chi connectivity index (χ1v) is 18.2. The summed E-state index contributed by atoms with van der Waals surface area (Å²) in [5.41, 5.74) is 10.1. The van der Waals surface area contributed by atoms with Crippen LogP contribution < -0.4 is 17.0 Å². The third-order valence-corrected chi connectivity index (χ3v) is 11.5. The average Bonchev–Trinajstić information content (AvgIpc) is 3.24. The lowest BCUT2D eigenvalue weighted by atomic mass is 9.82. The second kappa shape index (κ2) is 14.7. The Morgan fingerprint density at radius 3 is 1.33 bits per heavy atom. The molecule has 6 aromatic carbocycles. The fourth-order valence-electron chi connectivity index (χ4n) is 7.66. The number of unbranched alkanes of at least 4 members (excludes halogenated alkanes) is 2. The van der Waals surface area contributed by atoms with E-state index in [4.69, 9.17) is 46.4 Å². The van der Waals surface area contributed by atoms with Crippen LogP contribution in [0.1, 0.15) is 50.7 Å². The van der Waals surface area contributed by atoms with E-state index in [1.165, 1.54) is 67.8 Å². The molecular formula is C42H38BrCl4N. The predicted octanol–water partition coefficient (Wildman–Crippen LogP) is 11.0. The molecule has 48 heavy (non-hydrogen) atoms. The number of benzene rings is 6. The topological polar surface area (TPSA) is 0 Å². The van der Waals surface area contributed by atoms with Crippen LogP contribution >= 0.6 is 46.4 Å². The van der Waals surface area contributed by atoms with Gasteiger partial charge in [0, 0.05) is 22.3 Å². The van der Waals surface area contributed by atoms with Crippen molar-refractivity contribution in [3.63, 3.8) is 0 Å². The van der Waals surface area contributed by atoms with Crippen LogP contribution in [-0.2, 0) is 13.1 Å². The van der Waals surface area contributed by atoms with Crippen molar-refractivity contribution in [3.05, 3.63) is 128 Å². The van der Waals surface area contributed by atoms with Gasteiger partial charge in [-0.3, -0.25) is 0 Å². The van der Waals surface area contributed by atoms with E-state index in [0.29, 0.717) is 20.1 Å². The molecule has 0 fully saturated rings. The van der Waals surface area contributed by atoms with Crippen molar-refractivity contribution in [1.82, 2.24) is 0 Å². The van der Waals surface area contributed by atoms with Crippen LogP contribution in [0, 0.1) is 0 Å². The average molecular weight is 778 g/mol. The van der Waals surface area contributed by atoms with E-state index in [-0.39, 0.29) is 17.0 Å². The Morgan fingerprint density at radius 2 is 0.938 bits per heavy atom. The largest absolute Gasteiger partial charge is 1.00 e. The smallest absolute Gasteiger partial charge is 0.106 e. The minimum atomic E-state index is 0. The molecule has 0 aliphatic carbocycles. The van der Waals surface area contributed by atoms with Crippen LogP contribution in [0.3, 0.4) is 0 Å². The maximum Gasteiger partial charge on any atom is 0.106 e. The molecule has 1 aliphatic rings. The van der Waals surface area contributed by atoms with Gasteiger partial charge >= 0.3 is 0 Å². The van der Waals surface area contributed by atoms with Gasteiger partial charge in [-0.15, -0.1) is 0 Å². The van der Waals surface area contributed by atoms with Crippen molar-refractivity contribution in [2.75, 3.05) is 13.1 Å². The maximum atomic E-state index is 6.71. The second-order valence-electron chi connectivity index (χ2n) is 13.1. The first-order valence-electron chi connectivity index (χ1n) is 16.7. The van der Waals surface area contributed by atoms with E-state index in [0.717, 1.165) is 54.6 Å². The summed E-state index contributed by atoms with van der Waals surface area (Å²) in [5.74, 6) is 0. The zero-order chi connectivity index (χ0) is 32.7. The molecule has 246 valence electrons. The molecule has 0 aromatic heterocycles. The van der Waals surface area contributed by atoms with Gasteiger partial charge in [-0.1, -0.05) is 134 Å². The Labute approximate surface area is 314 Å². The van der Waals surface area contributed by atoms with Crippen LogP contribution in [0.15, 0.2) is 97.1 Å².